The predicted octanol–water partition coefficient (Wildman–Crippen LogP) is -1.07. The fourth-order valence-corrected chi connectivity index (χ4v) is 7.55. The second-order valence-corrected chi connectivity index (χ2v) is 13.3. The number of nitrogens with zero attached hydrogens (tertiary/aromatic N) is 7. The first-order valence-corrected chi connectivity index (χ1v) is 16.3. The summed E-state index contributed by atoms with van der Waals surface area (Å²) in [6, 6.07) is 0. The van der Waals surface area contributed by atoms with Gasteiger partial charge in [-0.05, 0) is 0 Å². The maximum atomic E-state index is 13.2. The van der Waals surface area contributed by atoms with E-state index in [1.54, 1.807) is 6.92 Å². The van der Waals surface area contributed by atoms with E-state index in [1.807, 2.05) is 0 Å². The molecule has 0 aromatic carbocycles. The minimum atomic E-state index is -5.03. The lowest BCUT2D eigenvalue weighted by molar-refractivity contribution is -0.0670. The molecule has 24 heteroatoms. The molecule has 4 aromatic rings. The molecule has 7 rings (SSSR count). The molecule has 242 valence electrons. The zero-order valence-corrected chi connectivity index (χ0v) is 24.7. The first-order valence-electron chi connectivity index (χ1n) is 13.3. The summed E-state index contributed by atoms with van der Waals surface area (Å²) in [5, 5.41) is 11.0. The van der Waals surface area contributed by atoms with Crippen molar-refractivity contribution in [2.45, 2.75) is 49.9 Å². The van der Waals surface area contributed by atoms with Crippen LogP contribution in [0.2, 0.25) is 0 Å². The largest absolute Gasteiger partial charge is 0.472 e. The summed E-state index contributed by atoms with van der Waals surface area (Å²) >= 11 is 0. The van der Waals surface area contributed by atoms with E-state index in [4.69, 9.17) is 39.0 Å². The van der Waals surface area contributed by atoms with Crippen LogP contribution in [0.15, 0.2) is 23.8 Å². The van der Waals surface area contributed by atoms with Crippen LogP contribution in [-0.2, 0) is 36.7 Å². The van der Waals surface area contributed by atoms with E-state index in [-0.39, 0.29) is 28.4 Å². The number of nitrogen functional groups attached to an aromatic ring is 2. The van der Waals surface area contributed by atoms with Crippen LogP contribution in [0.25, 0.3) is 22.3 Å². The van der Waals surface area contributed by atoms with E-state index in [1.165, 1.54) is 17.2 Å². The molecule has 4 aromatic heterocycles. The Hall–Kier alpha value is -3.40. The van der Waals surface area contributed by atoms with Crippen molar-refractivity contribution in [1.82, 2.24) is 39.0 Å². The Morgan fingerprint density at radius 2 is 1.51 bits per heavy atom. The summed E-state index contributed by atoms with van der Waals surface area (Å²) in [5.41, 5.74) is 11.2. The Morgan fingerprint density at radius 1 is 0.889 bits per heavy atom. The molecule has 45 heavy (non-hydrogen) atoms. The molecule has 0 saturated carbocycles. The lowest BCUT2D eigenvalue weighted by Crippen LogP contribution is -2.35. The zero-order chi connectivity index (χ0) is 31.8. The van der Waals surface area contributed by atoms with Crippen molar-refractivity contribution in [1.29, 1.82) is 0 Å². The van der Waals surface area contributed by atoms with Gasteiger partial charge in [0.05, 0.1) is 25.9 Å². The molecular weight excluding hydrogens is 646 g/mol. The van der Waals surface area contributed by atoms with Crippen LogP contribution in [0.3, 0.4) is 0 Å². The fourth-order valence-electron chi connectivity index (χ4n) is 5.58. The number of nitrogens with two attached hydrogens (primary N) is 2. The third kappa shape index (κ3) is 5.32. The average Bonchev–Trinajstić information content (AvgIpc) is 3.72. The van der Waals surface area contributed by atoms with Gasteiger partial charge in [-0.3, -0.25) is 37.0 Å². The lowest BCUT2D eigenvalue weighted by atomic mass is 10.0. The molecular formula is C21H26N10O12P2. The van der Waals surface area contributed by atoms with E-state index >= 15 is 0 Å². The second kappa shape index (κ2) is 10.9. The maximum absolute atomic E-state index is 13.2. The van der Waals surface area contributed by atoms with Crippen molar-refractivity contribution in [3.05, 3.63) is 29.3 Å². The van der Waals surface area contributed by atoms with Crippen molar-refractivity contribution < 1.29 is 51.6 Å². The van der Waals surface area contributed by atoms with Gasteiger partial charge in [0.2, 0.25) is 5.95 Å². The summed E-state index contributed by atoms with van der Waals surface area (Å²) in [6.07, 6.45) is -5.89. The number of phosphoric acid groups is 2. The quantitative estimate of drug-likeness (QED) is 0.138. The third-order valence-corrected chi connectivity index (χ3v) is 9.63. The molecule has 0 spiro atoms. The molecule has 10 unspecified atom stereocenters. The molecule has 8 N–H and O–H groups in total. The van der Waals surface area contributed by atoms with Crippen molar-refractivity contribution in [2.24, 2.45) is 5.92 Å². The van der Waals surface area contributed by atoms with Gasteiger partial charge in [-0.2, -0.15) is 4.98 Å². The highest BCUT2D eigenvalue weighted by molar-refractivity contribution is 7.47. The van der Waals surface area contributed by atoms with Crippen LogP contribution in [0.4, 0.5) is 11.8 Å². The van der Waals surface area contributed by atoms with Gasteiger partial charge < -0.3 is 35.8 Å². The van der Waals surface area contributed by atoms with Crippen LogP contribution >= 0.6 is 15.6 Å². The van der Waals surface area contributed by atoms with Crippen LogP contribution in [-0.4, -0.2) is 97.7 Å². The zero-order valence-electron chi connectivity index (χ0n) is 23.0. The molecule has 0 aliphatic carbocycles. The number of phosphoric ester groups is 2. The van der Waals surface area contributed by atoms with E-state index in [2.05, 4.69) is 29.9 Å². The minimum Gasteiger partial charge on any atom is -0.387 e. The number of aromatic nitrogens is 8. The molecule has 10 atom stereocenters. The summed E-state index contributed by atoms with van der Waals surface area (Å²) in [6.45, 7) is 0.227. The van der Waals surface area contributed by atoms with Crippen LogP contribution < -0.4 is 17.0 Å². The van der Waals surface area contributed by atoms with Gasteiger partial charge in [0.1, 0.15) is 48.6 Å². The topological polar surface area (TPSA) is 309 Å². The third-order valence-electron chi connectivity index (χ3n) is 7.66. The summed E-state index contributed by atoms with van der Waals surface area (Å²) in [7, 11) is -9.94. The van der Waals surface area contributed by atoms with Crippen molar-refractivity contribution in [2.75, 3.05) is 24.7 Å². The second-order valence-electron chi connectivity index (χ2n) is 10.5. The van der Waals surface area contributed by atoms with E-state index in [9.17, 15) is 28.8 Å². The standard InChI is InChI=1S/C21H26N10O12P2/c1-7-13-9(41-19(7)30-5-26-10-15(22)24-4-25-16(10)30)3-39-45(36,37)43-14-12(32)8(2-38-44(34,35)42-13)40-20(14)31-6-27-11-17(31)28-21(23)29-18(11)33/h4-9,12-14,19-20,32H,2-3H2,1H3,(H,34,35)(H,36,37)(H2,22,24,25)(H3,23,28,29,33). The van der Waals surface area contributed by atoms with E-state index < -0.39 is 83.3 Å². The Kier molecular flexibility index (Phi) is 7.30. The predicted molar refractivity (Wildman–Crippen MR) is 147 cm³/mol. The summed E-state index contributed by atoms with van der Waals surface area (Å²) in [4.78, 5) is 56.3. The summed E-state index contributed by atoms with van der Waals surface area (Å²) in [5.74, 6) is -0.856. The number of fused-ring (bicyclic) bond motifs is 5. The Bertz CT molecular complexity index is 1940. The van der Waals surface area contributed by atoms with Crippen molar-refractivity contribution >= 4 is 49.7 Å². The number of aliphatic hydroxyl groups excluding tert-OH is 1. The molecule has 3 aliphatic heterocycles. The molecule has 3 fully saturated rings. The van der Waals surface area contributed by atoms with Gasteiger partial charge in [-0.15, -0.1) is 0 Å². The molecule has 3 aliphatic rings. The van der Waals surface area contributed by atoms with Gasteiger partial charge in [-0.1, -0.05) is 6.92 Å². The van der Waals surface area contributed by atoms with Crippen LogP contribution in [0, 0.1) is 5.92 Å². The number of rotatable bonds is 2. The minimum absolute atomic E-state index is 0.101. The summed E-state index contributed by atoms with van der Waals surface area (Å²) < 4.78 is 62.3. The number of aromatic amines is 1. The molecule has 3 saturated heterocycles. The highest BCUT2D eigenvalue weighted by atomic mass is 31.2. The first kappa shape index (κ1) is 30.3. The van der Waals surface area contributed by atoms with Gasteiger partial charge in [0.15, 0.2) is 28.9 Å². The van der Waals surface area contributed by atoms with Crippen molar-refractivity contribution in [3.63, 3.8) is 0 Å². The van der Waals surface area contributed by atoms with E-state index in [0.29, 0.717) is 5.65 Å². The maximum Gasteiger partial charge on any atom is 0.472 e. The van der Waals surface area contributed by atoms with Gasteiger partial charge in [0.25, 0.3) is 5.56 Å². The fraction of sp³-hybridized carbons (Fsp3) is 0.524. The number of H-pyrrole nitrogens is 1. The number of imidazole rings is 2. The SMILES string of the molecule is CC1C2OP(=O)(O)OCC3OC(n4cnc5c(=O)[nH]c(N)nc54)C(OP(=O)(O)OCC2OC1n1cnc2c(N)ncnc21)C3O. The smallest absolute Gasteiger partial charge is 0.387 e. The number of aliphatic hydroxyl groups is 1. The Morgan fingerprint density at radius 3 is 2.24 bits per heavy atom. The van der Waals surface area contributed by atoms with E-state index in [0.717, 1.165) is 10.9 Å². The van der Waals surface area contributed by atoms with Crippen LogP contribution in [0.1, 0.15) is 19.4 Å². The highest BCUT2D eigenvalue weighted by Gasteiger charge is 2.53. The molecule has 7 heterocycles. The van der Waals surface area contributed by atoms with Crippen LogP contribution in [0.5, 0.6) is 0 Å². The molecule has 0 amide bonds. The highest BCUT2D eigenvalue weighted by Crippen LogP contribution is 2.54. The van der Waals surface area contributed by atoms with Gasteiger partial charge in [0, 0.05) is 5.92 Å². The number of hydrogen-bond acceptors (Lipinski definition) is 17. The van der Waals surface area contributed by atoms with Crippen molar-refractivity contribution in [3.8, 4) is 0 Å². The molecule has 2 bridgehead atoms. The average molecular weight is 672 g/mol. The Labute approximate surface area is 250 Å². The first-order chi connectivity index (χ1) is 21.3. The number of nitrogens with one attached hydrogen (secondary N) is 1. The lowest BCUT2D eigenvalue weighted by Gasteiger charge is -2.26. The van der Waals surface area contributed by atoms with Gasteiger partial charge in [-0.25, -0.2) is 29.1 Å². The number of ether oxygens (including phenoxy) is 2. The monoisotopic (exact) mass is 672 g/mol. The Balaban J connectivity index is 1.21. The number of anilines is 2. The number of hydrogen-bond donors (Lipinski definition) is 6. The molecule has 22 nitrogen and oxygen atoms in total. The molecule has 0 radical (unpaired) electrons. The van der Waals surface area contributed by atoms with Gasteiger partial charge >= 0.3 is 15.6 Å². The normalized spacial score (nSPS) is 37.7.